The van der Waals surface area contributed by atoms with E-state index < -0.39 is 41.5 Å². The van der Waals surface area contributed by atoms with E-state index in [1.54, 1.807) is 38.1 Å². The van der Waals surface area contributed by atoms with Gasteiger partial charge in [-0.25, -0.2) is 0 Å². The fourth-order valence-corrected chi connectivity index (χ4v) is 20.9. The van der Waals surface area contributed by atoms with E-state index in [2.05, 4.69) is 0 Å². The molecule has 1 aliphatic rings. The lowest BCUT2D eigenvalue weighted by atomic mass is 10.2. The minimum Gasteiger partial charge on any atom is -0.508 e. The Morgan fingerprint density at radius 1 is 0.289 bits per heavy atom. The third kappa shape index (κ3) is 15.1. The Kier molecular flexibility index (Phi) is 20.4. The largest absolute Gasteiger partial charge is 0.508 e. The summed E-state index contributed by atoms with van der Waals surface area (Å²) in [7, 11) is -16.3. The van der Waals surface area contributed by atoms with Crippen molar-refractivity contribution in [1.29, 1.82) is 0 Å². The van der Waals surface area contributed by atoms with Crippen LogP contribution in [0.1, 0.15) is 44.5 Å². The first kappa shape index (κ1) is 63.2. The van der Waals surface area contributed by atoms with Gasteiger partial charge in [0.05, 0.1) is 0 Å². The third-order valence-electron chi connectivity index (χ3n) is 13.7. The number of phenolic OH excluding ortho intramolecular Hbond substituents is 2. The molecule has 10 aromatic rings. The predicted molar refractivity (Wildman–Crippen MR) is 356 cm³/mol. The van der Waals surface area contributed by atoms with Gasteiger partial charge in [0.2, 0.25) is 0 Å². The molecule has 0 aliphatic carbocycles. The Balaban J connectivity index is 1.38. The van der Waals surface area contributed by atoms with Crippen LogP contribution in [0.3, 0.4) is 0 Å². The summed E-state index contributed by atoms with van der Waals surface area (Å²) < 4.78 is 58.4. The van der Waals surface area contributed by atoms with Crippen LogP contribution >= 0.6 is 41.5 Å². The molecular weight excluding hydrogens is 1230 g/mol. The first-order valence-corrected chi connectivity index (χ1v) is 34.8. The van der Waals surface area contributed by atoms with Crippen LogP contribution in [0.15, 0.2) is 247 Å². The predicted octanol–water partition coefficient (Wildman–Crippen LogP) is 20.4. The molecule has 0 fully saturated rings. The molecule has 0 bridgehead atoms. The van der Waals surface area contributed by atoms with Gasteiger partial charge in [-0.15, -0.1) is 4.52 Å². The maximum Gasteiger partial charge on any atom is 0.447 e. The molecule has 17 nitrogen and oxygen atoms in total. The highest BCUT2D eigenvalue weighted by atomic mass is 31.3. The van der Waals surface area contributed by atoms with E-state index in [1.807, 2.05) is 250 Å². The van der Waals surface area contributed by atoms with Crippen molar-refractivity contribution < 1.29 is 56.7 Å². The van der Waals surface area contributed by atoms with Crippen LogP contribution in [0.4, 0.5) is 0 Å². The Labute approximate surface area is 529 Å². The normalized spacial score (nSPS) is 17.2. The number of aromatic hydroxyl groups is 2. The number of phenols is 2. The molecule has 460 valence electrons. The molecule has 1 heterocycles. The second-order valence-corrected chi connectivity index (χ2v) is 29.6. The molecule has 0 radical (unpaired) electrons. The molecule has 1 aliphatic heterocycles. The monoisotopic (exact) mass is 1300 g/mol. The van der Waals surface area contributed by atoms with Gasteiger partial charge in [0.1, 0.15) is 46.0 Å². The fraction of sp³-hybridized carbons (Fsp3) is 0.118. The van der Waals surface area contributed by atoms with Crippen molar-refractivity contribution in [2.45, 2.75) is 55.4 Å². The number of hydrogen-bond donors (Lipinski definition) is 2. The van der Waals surface area contributed by atoms with Gasteiger partial charge in [0, 0.05) is 18.4 Å². The molecular formula is C68H66N5O12P5. The van der Waals surface area contributed by atoms with Gasteiger partial charge in [-0.05, 0) is 197 Å². The summed E-state index contributed by atoms with van der Waals surface area (Å²) in [4.78, 5) is 30.6. The molecule has 4 atom stereocenters. The van der Waals surface area contributed by atoms with Crippen molar-refractivity contribution >= 4 is 41.5 Å². The van der Waals surface area contributed by atoms with E-state index in [9.17, 15) is 10.2 Å². The van der Waals surface area contributed by atoms with Gasteiger partial charge in [-0.1, -0.05) is 146 Å². The Hall–Kier alpha value is -8.41. The standard InChI is InChI=1S/C68H66N5O12P5/c1-49-25-9-17-33-61(49)76-70-86(80-65-37-21-13-29-53(65)5)69-90(84-59-45-41-57(74)42-46-59,85-60-47-43-58(75)44-48-60)73(79-64-36-20-12-28-52(64)4)89(83-68-40-24-16-32-56(68)8)72(78-63-35-19-11-27-51(63)3)88(82-67-39-23-15-31-55(67)7)71(77-62-34-18-10-26-50(62)2)87(70)81-66-38-22-14-30-54(66)6/h9-48,74-75H,1-8H3. The van der Waals surface area contributed by atoms with Crippen molar-refractivity contribution in [3.05, 3.63) is 287 Å². The molecule has 90 heavy (non-hydrogen) atoms. The molecule has 4 unspecified atom stereocenters. The first-order chi connectivity index (χ1) is 43.7. The zero-order valence-electron chi connectivity index (χ0n) is 50.5. The average molecular weight is 1300 g/mol. The van der Waals surface area contributed by atoms with Gasteiger partial charge in [0.25, 0.3) is 0 Å². The van der Waals surface area contributed by atoms with Crippen LogP contribution in [-0.4, -0.2) is 28.6 Å². The van der Waals surface area contributed by atoms with Crippen LogP contribution in [-0.2, 0) is 0 Å². The van der Waals surface area contributed by atoms with Crippen LogP contribution in [0, 0.1) is 55.4 Å². The number of rotatable bonds is 20. The maximum atomic E-state index is 11.0. The minimum absolute atomic E-state index is 0.0391. The third-order valence-corrected chi connectivity index (χ3v) is 24.6. The topological polar surface area (TPSA) is 158 Å². The fourth-order valence-electron chi connectivity index (χ4n) is 8.60. The molecule has 0 amide bonds. The highest BCUT2D eigenvalue weighted by Crippen LogP contribution is 2.79. The summed E-state index contributed by atoms with van der Waals surface area (Å²) in [5.41, 5.74) is 5.91. The van der Waals surface area contributed by atoms with E-state index >= 15 is 0 Å². The molecule has 22 heteroatoms. The highest BCUT2D eigenvalue weighted by Gasteiger charge is 2.61. The number of hydrogen-bond acceptors (Lipinski definition) is 17. The van der Waals surface area contributed by atoms with E-state index in [0.29, 0.717) is 51.6 Å². The van der Waals surface area contributed by atoms with Crippen molar-refractivity contribution in [2.75, 3.05) is 0 Å². The molecule has 2 N–H and O–H groups in total. The molecule has 0 saturated heterocycles. The summed E-state index contributed by atoms with van der Waals surface area (Å²) in [6.45, 7) is 15.5. The van der Waals surface area contributed by atoms with Gasteiger partial charge >= 0.3 is 41.5 Å². The Morgan fingerprint density at radius 3 is 0.878 bits per heavy atom. The summed E-state index contributed by atoms with van der Waals surface area (Å²) >= 11 is 0. The molecule has 11 rings (SSSR count). The number of nitrogens with zero attached hydrogens (tertiary/aromatic N) is 5. The summed E-state index contributed by atoms with van der Waals surface area (Å²) in [5.74, 6) is 3.41. The lowest BCUT2D eigenvalue weighted by Crippen LogP contribution is -2.41. The maximum absolute atomic E-state index is 11.0. The van der Waals surface area contributed by atoms with Crippen molar-refractivity contribution in [3.8, 4) is 69.0 Å². The van der Waals surface area contributed by atoms with Crippen LogP contribution in [0.2, 0.25) is 0 Å². The molecule has 10 aromatic carbocycles. The summed E-state index contributed by atoms with van der Waals surface area (Å²) in [5, 5.41) is 22.0. The smallest absolute Gasteiger partial charge is 0.447 e. The Bertz CT molecular complexity index is 4090. The van der Waals surface area contributed by atoms with Crippen LogP contribution in [0.5, 0.6) is 69.0 Å². The van der Waals surface area contributed by atoms with Gasteiger partial charge < -0.3 is 56.7 Å². The van der Waals surface area contributed by atoms with Crippen molar-refractivity contribution in [1.82, 2.24) is 18.4 Å². The van der Waals surface area contributed by atoms with E-state index in [0.717, 1.165) is 38.9 Å². The number of aryl methyl sites for hydroxylation is 8. The van der Waals surface area contributed by atoms with Gasteiger partial charge in [-0.2, -0.15) is 0 Å². The van der Waals surface area contributed by atoms with Crippen molar-refractivity contribution in [3.63, 3.8) is 0 Å². The van der Waals surface area contributed by atoms with E-state index in [1.165, 1.54) is 28.9 Å². The summed E-state index contributed by atoms with van der Waals surface area (Å²) in [6, 6.07) is 73.0. The Morgan fingerprint density at radius 2 is 0.544 bits per heavy atom. The van der Waals surface area contributed by atoms with E-state index in [4.69, 9.17) is 51.0 Å². The second kappa shape index (κ2) is 29.0. The SMILES string of the molecule is Cc1ccccc1ON1P(Oc2ccccc2C)N=P(Oc2ccc(O)cc2)(Oc2ccc(O)cc2)N(Oc2ccccc2C)P(Oc2ccccc2C)N(Oc2ccccc2C)P(Oc2ccccc2C)N(Oc2ccccc2C)P1Oc1ccccc1C. The molecule has 0 aromatic heterocycles. The highest BCUT2D eigenvalue weighted by molar-refractivity contribution is 7.78. The number of benzene rings is 10. The minimum atomic E-state index is -4.85. The van der Waals surface area contributed by atoms with Gasteiger partial charge in [0.15, 0.2) is 23.0 Å². The molecule has 0 saturated carbocycles. The van der Waals surface area contributed by atoms with Crippen LogP contribution < -0.4 is 46.5 Å². The zero-order chi connectivity index (χ0) is 62.7. The number of para-hydroxylation sites is 8. The van der Waals surface area contributed by atoms with Crippen molar-refractivity contribution in [2.24, 2.45) is 4.52 Å². The second-order valence-electron chi connectivity index (χ2n) is 20.6. The lowest BCUT2D eigenvalue weighted by molar-refractivity contribution is 0.0281. The first-order valence-electron chi connectivity index (χ1n) is 28.6. The lowest BCUT2D eigenvalue weighted by Gasteiger charge is -2.46. The quantitative estimate of drug-likeness (QED) is 0.0694. The van der Waals surface area contributed by atoms with E-state index in [-0.39, 0.29) is 23.0 Å². The van der Waals surface area contributed by atoms with Crippen LogP contribution in [0.25, 0.3) is 0 Å². The zero-order valence-corrected chi connectivity index (χ0v) is 55.0. The summed E-state index contributed by atoms with van der Waals surface area (Å²) in [6.07, 6.45) is 0. The average Bonchev–Trinajstić information content (AvgIpc) is 0.798. The van der Waals surface area contributed by atoms with Gasteiger partial charge in [-0.3, -0.25) is 0 Å². The molecule has 0 spiro atoms.